The Morgan fingerprint density at radius 1 is 0.680 bits per heavy atom. The van der Waals surface area contributed by atoms with Gasteiger partial charge in [-0.05, 0) is 12.0 Å². The van der Waals surface area contributed by atoms with E-state index >= 15 is 0 Å². The summed E-state index contributed by atoms with van der Waals surface area (Å²) in [6.45, 7) is 2.28. The van der Waals surface area contributed by atoms with Gasteiger partial charge in [0.25, 0.3) is 0 Å². The van der Waals surface area contributed by atoms with Gasteiger partial charge in [-0.1, -0.05) is 127 Å². The largest absolute Gasteiger partial charge is 0.303 e. The highest BCUT2D eigenvalue weighted by Gasteiger charge is 2.08. The summed E-state index contributed by atoms with van der Waals surface area (Å²) in [5.41, 5.74) is 1.17. The minimum absolute atomic E-state index is 0.0959. The molecule has 1 rings (SSSR count). The Balaban J connectivity index is 1.86. The second-order valence-electron chi connectivity index (χ2n) is 7.54. The summed E-state index contributed by atoms with van der Waals surface area (Å²) in [6, 6.07) is 10.2. The van der Waals surface area contributed by atoms with Crippen molar-refractivity contribution < 1.29 is 4.79 Å². The Morgan fingerprint density at radius 2 is 1.12 bits per heavy atom. The van der Waals surface area contributed by atoms with Crippen LogP contribution in [-0.2, 0) is 4.79 Å². The first-order valence-electron chi connectivity index (χ1n) is 10.9. The van der Waals surface area contributed by atoms with Crippen LogP contribution in [0.4, 0.5) is 0 Å². The van der Waals surface area contributed by atoms with Crippen molar-refractivity contribution in [1.82, 2.24) is 0 Å². The molecule has 0 heterocycles. The summed E-state index contributed by atoms with van der Waals surface area (Å²) in [5.74, 6) is 0.0959. The van der Waals surface area contributed by atoms with Gasteiger partial charge in [0, 0.05) is 5.92 Å². The van der Waals surface area contributed by atoms with E-state index in [0.717, 1.165) is 12.7 Å². The molecule has 0 spiro atoms. The quantitative estimate of drug-likeness (QED) is 0.208. The lowest BCUT2D eigenvalue weighted by molar-refractivity contribution is -0.109. The van der Waals surface area contributed by atoms with Crippen molar-refractivity contribution in [3.63, 3.8) is 0 Å². The Bertz CT molecular complexity index is 398. The second-order valence-corrected chi connectivity index (χ2v) is 7.54. The topological polar surface area (TPSA) is 17.1 Å². The molecule has 0 N–H and O–H groups in total. The van der Waals surface area contributed by atoms with Gasteiger partial charge in [-0.3, -0.25) is 0 Å². The summed E-state index contributed by atoms with van der Waals surface area (Å²) >= 11 is 0. The summed E-state index contributed by atoms with van der Waals surface area (Å²) in [7, 11) is 0. The average molecular weight is 345 g/mol. The van der Waals surface area contributed by atoms with Gasteiger partial charge >= 0.3 is 0 Å². The molecule has 0 saturated carbocycles. The van der Waals surface area contributed by atoms with Gasteiger partial charge in [0.15, 0.2) is 0 Å². The van der Waals surface area contributed by atoms with Crippen LogP contribution in [0.2, 0.25) is 0 Å². The van der Waals surface area contributed by atoms with E-state index in [2.05, 4.69) is 19.1 Å². The summed E-state index contributed by atoms with van der Waals surface area (Å²) in [4.78, 5) is 11.3. The molecule has 1 unspecified atom stereocenters. The number of rotatable bonds is 17. The van der Waals surface area contributed by atoms with Crippen LogP contribution in [-0.4, -0.2) is 6.29 Å². The number of hydrogen-bond donors (Lipinski definition) is 0. The second kappa shape index (κ2) is 16.4. The highest BCUT2D eigenvalue weighted by Crippen LogP contribution is 2.21. The van der Waals surface area contributed by atoms with Crippen molar-refractivity contribution in [1.29, 1.82) is 0 Å². The molecule has 0 aliphatic rings. The van der Waals surface area contributed by atoms with Crippen molar-refractivity contribution in [3.05, 3.63) is 35.9 Å². The molecule has 1 nitrogen and oxygen atoms in total. The van der Waals surface area contributed by atoms with Gasteiger partial charge in [0.05, 0.1) is 0 Å². The lowest BCUT2D eigenvalue weighted by Gasteiger charge is -2.10. The molecule has 0 aromatic heterocycles. The molecule has 1 atom stereocenters. The van der Waals surface area contributed by atoms with Crippen LogP contribution in [0.1, 0.15) is 115 Å². The fourth-order valence-corrected chi connectivity index (χ4v) is 3.57. The van der Waals surface area contributed by atoms with E-state index in [9.17, 15) is 4.79 Å². The Kier molecular flexibility index (Phi) is 14.4. The monoisotopic (exact) mass is 344 g/mol. The standard InChI is InChI=1S/C24H40O/c1-2-3-4-5-6-7-8-9-10-11-12-13-14-16-21-24(22-25)23-19-17-15-18-20-23/h15,17-20,22,24H,2-14,16,21H2,1H3. The maximum Gasteiger partial charge on any atom is 0.127 e. The minimum Gasteiger partial charge on any atom is -0.303 e. The molecule has 0 radical (unpaired) electrons. The van der Waals surface area contributed by atoms with Crippen molar-refractivity contribution in [3.8, 4) is 0 Å². The molecule has 0 amide bonds. The van der Waals surface area contributed by atoms with Crippen molar-refractivity contribution in [2.45, 2.75) is 109 Å². The number of carbonyl (C=O) groups is 1. The zero-order chi connectivity index (χ0) is 18.0. The molecule has 0 saturated heterocycles. The summed E-state index contributed by atoms with van der Waals surface area (Å²) < 4.78 is 0. The van der Waals surface area contributed by atoms with E-state index in [4.69, 9.17) is 0 Å². The van der Waals surface area contributed by atoms with Crippen LogP contribution in [0.25, 0.3) is 0 Å². The third kappa shape index (κ3) is 12.0. The SMILES string of the molecule is CCCCCCCCCCCCCCCCC(C=O)c1ccccc1. The Hall–Kier alpha value is -1.11. The number of unbranched alkanes of at least 4 members (excludes halogenated alkanes) is 13. The molecule has 0 aliphatic heterocycles. The first kappa shape index (κ1) is 21.9. The van der Waals surface area contributed by atoms with Crippen molar-refractivity contribution in [2.75, 3.05) is 0 Å². The number of benzene rings is 1. The molecule has 0 bridgehead atoms. The molecule has 25 heavy (non-hydrogen) atoms. The summed E-state index contributed by atoms with van der Waals surface area (Å²) in [5, 5.41) is 0. The molecular weight excluding hydrogens is 304 g/mol. The molecule has 1 aromatic carbocycles. The fourth-order valence-electron chi connectivity index (χ4n) is 3.57. The zero-order valence-electron chi connectivity index (χ0n) is 16.6. The lowest BCUT2D eigenvalue weighted by Crippen LogP contribution is -2.00. The smallest absolute Gasteiger partial charge is 0.127 e. The molecule has 1 heteroatoms. The maximum absolute atomic E-state index is 11.3. The van der Waals surface area contributed by atoms with Crippen LogP contribution in [0.3, 0.4) is 0 Å². The third-order valence-corrected chi connectivity index (χ3v) is 5.26. The van der Waals surface area contributed by atoms with E-state index < -0.39 is 0 Å². The highest BCUT2D eigenvalue weighted by atomic mass is 16.1. The first-order valence-corrected chi connectivity index (χ1v) is 10.9. The zero-order valence-corrected chi connectivity index (χ0v) is 16.6. The van der Waals surface area contributed by atoms with Crippen molar-refractivity contribution in [2.24, 2.45) is 0 Å². The van der Waals surface area contributed by atoms with E-state index in [1.165, 1.54) is 95.5 Å². The van der Waals surface area contributed by atoms with Crippen LogP contribution in [0.5, 0.6) is 0 Å². The molecular formula is C24H40O. The van der Waals surface area contributed by atoms with E-state index in [1.807, 2.05) is 18.2 Å². The van der Waals surface area contributed by atoms with Crippen LogP contribution in [0.15, 0.2) is 30.3 Å². The van der Waals surface area contributed by atoms with Gasteiger partial charge in [0.2, 0.25) is 0 Å². The van der Waals surface area contributed by atoms with Gasteiger partial charge in [-0.2, -0.15) is 0 Å². The Morgan fingerprint density at radius 3 is 1.56 bits per heavy atom. The lowest BCUT2D eigenvalue weighted by atomic mass is 9.94. The van der Waals surface area contributed by atoms with Crippen LogP contribution < -0.4 is 0 Å². The average Bonchev–Trinajstić information content (AvgIpc) is 2.66. The van der Waals surface area contributed by atoms with Gasteiger partial charge in [-0.15, -0.1) is 0 Å². The number of aldehydes is 1. The molecule has 142 valence electrons. The van der Waals surface area contributed by atoms with Crippen LogP contribution >= 0.6 is 0 Å². The Labute approximate surface area is 156 Å². The van der Waals surface area contributed by atoms with Crippen LogP contribution in [0, 0.1) is 0 Å². The highest BCUT2D eigenvalue weighted by molar-refractivity contribution is 5.61. The van der Waals surface area contributed by atoms with E-state index in [0.29, 0.717) is 0 Å². The maximum atomic E-state index is 11.3. The first-order chi connectivity index (χ1) is 12.4. The predicted molar refractivity (Wildman–Crippen MR) is 110 cm³/mol. The number of hydrogen-bond acceptors (Lipinski definition) is 1. The predicted octanol–water partition coefficient (Wildman–Crippen LogP) is 7.84. The van der Waals surface area contributed by atoms with Gasteiger partial charge < -0.3 is 4.79 Å². The fraction of sp³-hybridized carbons (Fsp3) is 0.708. The molecule has 0 aliphatic carbocycles. The molecule has 0 fully saturated rings. The van der Waals surface area contributed by atoms with E-state index in [-0.39, 0.29) is 5.92 Å². The van der Waals surface area contributed by atoms with Gasteiger partial charge in [0.1, 0.15) is 6.29 Å². The van der Waals surface area contributed by atoms with E-state index in [1.54, 1.807) is 0 Å². The summed E-state index contributed by atoms with van der Waals surface area (Å²) in [6.07, 6.45) is 21.5. The third-order valence-electron chi connectivity index (χ3n) is 5.26. The normalized spacial score (nSPS) is 12.2. The minimum atomic E-state index is 0.0959. The number of carbonyl (C=O) groups excluding carboxylic acids is 1. The molecule has 1 aromatic rings. The van der Waals surface area contributed by atoms with Crippen molar-refractivity contribution >= 4 is 6.29 Å². The van der Waals surface area contributed by atoms with Gasteiger partial charge in [-0.25, -0.2) is 0 Å².